The number of allylic oxidation sites excluding steroid dienone is 1. The third-order valence-electron chi connectivity index (χ3n) is 7.16. The molecular formula is C28H41F3N6O3S. The number of aromatic nitrogens is 1. The fourth-order valence-corrected chi connectivity index (χ4v) is 5.97. The number of nitroso groups, excluding NO2 is 1. The van der Waals surface area contributed by atoms with E-state index in [2.05, 4.69) is 25.8 Å². The summed E-state index contributed by atoms with van der Waals surface area (Å²) < 4.78 is 43.5. The van der Waals surface area contributed by atoms with Gasteiger partial charge in [-0.2, -0.15) is 18.1 Å². The van der Waals surface area contributed by atoms with Crippen molar-refractivity contribution in [3.05, 3.63) is 26.7 Å². The van der Waals surface area contributed by atoms with E-state index in [0.717, 1.165) is 37.0 Å². The zero-order valence-electron chi connectivity index (χ0n) is 24.8. The van der Waals surface area contributed by atoms with Gasteiger partial charge in [0.25, 0.3) is 11.8 Å². The smallest absolute Gasteiger partial charge is 0.350 e. The van der Waals surface area contributed by atoms with Crippen LogP contribution in [0.4, 0.5) is 13.2 Å². The average molecular weight is 599 g/mol. The standard InChI is InChI=1S/C28H41F3N6O3S/c1-8-9-17-11-10-16(2)37(17)25(39)21-22(41-24(35-21)23(38)34-15-27(6,7)36-40)18-13-32-20(33-14-26(3,4)5)12-19(18)28(29,30)31/h13,16-17,19H,8-12,14-15H2,1-7H3,(H,32,33)(H,34,38). The minimum absolute atomic E-state index is 0.00645. The highest BCUT2D eigenvalue weighted by molar-refractivity contribution is 7.15. The quantitative estimate of drug-likeness (QED) is 0.330. The van der Waals surface area contributed by atoms with Crippen molar-refractivity contribution in [3.63, 3.8) is 0 Å². The molecule has 2 aliphatic rings. The van der Waals surface area contributed by atoms with Crippen molar-refractivity contribution in [2.75, 3.05) is 13.1 Å². The maximum atomic E-state index is 14.5. The number of likely N-dealkylation sites (tertiary alicyclic amines) is 1. The number of carbonyl (C=O) groups excluding carboxylic acids is 2. The highest BCUT2D eigenvalue weighted by Gasteiger charge is 2.47. The lowest BCUT2D eigenvalue weighted by Crippen LogP contribution is -2.41. The number of nitrogens with one attached hydrogen (secondary N) is 2. The van der Waals surface area contributed by atoms with Crippen molar-refractivity contribution in [2.24, 2.45) is 21.5 Å². The number of rotatable bonds is 9. The van der Waals surface area contributed by atoms with Crippen molar-refractivity contribution in [3.8, 4) is 0 Å². The highest BCUT2D eigenvalue weighted by atomic mass is 32.1. The molecule has 3 heterocycles. The molecule has 0 aliphatic carbocycles. The Morgan fingerprint density at radius 3 is 2.46 bits per heavy atom. The van der Waals surface area contributed by atoms with Gasteiger partial charge in [0, 0.05) is 43.4 Å². The average Bonchev–Trinajstić information content (AvgIpc) is 3.49. The van der Waals surface area contributed by atoms with Crippen LogP contribution in [-0.2, 0) is 0 Å². The predicted molar refractivity (Wildman–Crippen MR) is 155 cm³/mol. The van der Waals surface area contributed by atoms with E-state index in [9.17, 15) is 27.7 Å². The van der Waals surface area contributed by atoms with Gasteiger partial charge in [0.1, 0.15) is 17.1 Å². The summed E-state index contributed by atoms with van der Waals surface area (Å²) in [5.41, 5.74) is -1.62. The van der Waals surface area contributed by atoms with E-state index in [1.54, 1.807) is 4.90 Å². The Balaban J connectivity index is 2.09. The van der Waals surface area contributed by atoms with Crippen molar-refractivity contribution in [1.82, 2.24) is 20.5 Å². The maximum absolute atomic E-state index is 14.5. The van der Waals surface area contributed by atoms with Crippen LogP contribution in [0.25, 0.3) is 5.57 Å². The van der Waals surface area contributed by atoms with Gasteiger partial charge in [-0.05, 0) is 45.4 Å². The summed E-state index contributed by atoms with van der Waals surface area (Å²) in [5, 5.41) is 8.29. The molecule has 1 fully saturated rings. The molecule has 0 radical (unpaired) electrons. The Hall–Kier alpha value is -2.83. The Bertz CT molecular complexity index is 1200. The molecule has 1 aromatic heterocycles. The molecule has 9 nitrogen and oxygen atoms in total. The van der Waals surface area contributed by atoms with Crippen LogP contribution in [0.1, 0.15) is 106 Å². The summed E-state index contributed by atoms with van der Waals surface area (Å²) in [5.74, 6) is -2.90. The number of alkyl halides is 3. The van der Waals surface area contributed by atoms with Gasteiger partial charge in [-0.1, -0.05) is 39.3 Å². The number of amidine groups is 1. The SMILES string of the molecule is CCCC1CCC(C)N1C(=O)c1nc(C(=O)NCC(C)(C)N=O)sc1C1=CNC(=NCC(C)(C)C)CC1C(F)(F)F. The van der Waals surface area contributed by atoms with Gasteiger partial charge in [0.15, 0.2) is 5.01 Å². The van der Waals surface area contributed by atoms with Gasteiger partial charge < -0.3 is 15.5 Å². The van der Waals surface area contributed by atoms with E-state index >= 15 is 0 Å². The second-order valence-corrected chi connectivity index (χ2v) is 13.7. The monoisotopic (exact) mass is 598 g/mol. The number of amides is 2. The predicted octanol–water partition coefficient (Wildman–Crippen LogP) is 6.17. The van der Waals surface area contributed by atoms with Crippen LogP contribution in [0.5, 0.6) is 0 Å². The minimum atomic E-state index is -4.63. The summed E-state index contributed by atoms with van der Waals surface area (Å²) >= 11 is 0.746. The third kappa shape index (κ3) is 8.14. The van der Waals surface area contributed by atoms with E-state index in [1.165, 1.54) is 20.0 Å². The summed E-state index contributed by atoms with van der Waals surface area (Å²) in [7, 11) is 0. The second-order valence-electron chi connectivity index (χ2n) is 12.7. The topological polar surface area (TPSA) is 116 Å². The van der Waals surface area contributed by atoms with Crippen LogP contribution in [-0.4, -0.2) is 64.4 Å². The molecule has 2 aliphatic heterocycles. The van der Waals surface area contributed by atoms with Crippen LogP contribution < -0.4 is 10.6 Å². The molecule has 3 rings (SSSR count). The lowest BCUT2D eigenvalue weighted by atomic mass is 9.90. The first-order valence-electron chi connectivity index (χ1n) is 14.0. The summed E-state index contributed by atoms with van der Waals surface area (Å²) in [4.78, 5) is 48.5. The van der Waals surface area contributed by atoms with Crippen LogP contribution in [0.3, 0.4) is 0 Å². The van der Waals surface area contributed by atoms with Crippen LogP contribution >= 0.6 is 11.3 Å². The number of carbonyl (C=O) groups is 2. The number of thiazole rings is 1. The summed E-state index contributed by atoms with van der Waals surface area (Å²) in [6.07, 6.45) is -0.623. The molecule has 0 bridgehead atoms. The zero-order chi connectivity index (χ0) is 30.8. The molecule has 3 unspecified atom stereocenters. The molecule has 13 heteroatoms. The molecule has 1 saturated heterocycles. The lowest BCUT2D eigenvalue weighted by Gasteiger charge is -2.30. The van der Waals surface area contributed by atoms with Crippen LogP contribution in [0.2, 0.25) is 0 Å². The molecule has 0 saturated carbocycles. The fourth-order valence-electron chi connectivity index (χ4n) is 4.92. The van der Waals surface area contributed by atoms with E-state index in [-0.39, 0.29) is 51.0 Å². The number of hydrogen-bond acceptors (Lipinski definition) is 7. The number of halogens is 3. The van der Waals surface area contributed by atoms with Gasteiger partial charge in [0.2, 0.25) is 0 Å². The maximum Gasteiger partial charge on any atom is 0.396 e. The van der Waals surface area contributed by atoms with Crippen LogP contribution in [0, 0.1) is 16.2 Å². The van der Waals surface area contributed by atoms with Gasteiger partial charge in [-0.15, -0.1) is 11.3 Å². The Kier molecular flexibility index (Phi) is 10.0. The first-order valence-corrected chi connectivity index (χ1v) is 14.8. The van der Waals surface area contributed by atoms with Crippen molar-refractivity contribution < 1.29 is 22.8 Å². The number of nitrogens with zero attached hydrogens (tertiary/aromatic N) is 4. The largest absolute Gasteiger partial charge is 0.396 e. The number of aliphatic imine (C=N–C) groups is 1. The molecule has 3 atom stereocenters. The third-order valence-corrected chi connectivity index (χ3v) is 8.27. The first-order chi connectivity index (χ1) is 19.0. The number of hydrogen-bond donors (Lipinski definition) is 2. The molecular weight excluding hydrogens is 557 g/mol. The van der Waals surface area contributed by atoms with Crippen LogP contribution in [0.15, 0.2) is 16.4 Å². The molecule has 2 amide bonds. The van der Waals surface area contributed by atoms with E-state index in [1.807, 2.05) is 34.6 Å². The van der Waals surface area contributed by atoms with E-state index in [4.69, 9.17) is 0 Å². The van der Waals surface area contributed by atoms with E-state index in [0.29, 0.717) is 6.54 Å². The normalized spacial score (nSPS) is 22.9. The molecule has 0 spiro atoms. The van der Waals surface area contributed by atoms with E-state index < -0.39 is 35.9 Å². The lowest BCUT2D eigenvalue weighted by molar-refractivity contribution is -0.156. The fraction of sp³-hybridized carbons (Fsp3) is 0.714. The Morgan fingerprint density at radius 2 is 1.88 bits per heavy atom. The second kappa shape index (κ2) is 12.6. The molecule has 1 aromatic rings. The minimum Gasteiger partial charge on any atom is -0.350 e. The first kappa shape index (κ1) is 32.7. The molecule has 2 N–H and O–H groups in total. The van der Waals surface area contributed by atoms with Gasteiger partial charge >= 0.3 is 6.18 Å². The van der Waals surface area contributed by atoms with Gasteiger partial charge in [0.05, 0.1) is 10.8 Å². The molecule has 228 valence electrons. The summed E-state index contributed by atoms with van der Waals surface area (Å²) in [6, 6.07) is -0.167. The summed E-state index contributed by atoms with van der Waals surface area (Å²) in [6.45, 7) is 13.1. The highest BCUT2D eigenvalue weighted by Crippen LogP contribution is 2.44. The van der Waals surface area contributed by atoms with Crippen molar-refractivity contribution in [1.29, 1.82) is 0 Å². The Labute approximate surface area is 243 Å². The molecule has 41 heavy (non-hydrogen) atoms. The molecule has 0 aromatic carbocycles. The van der Waals surface area contributed by atoms with Gasteiger partial charge in [-0.3, -0.25) is 14.6 Å². The Morgan fingerprint density at radius 1 is 1.20 bits per heavy atom. The van der Waals surface area contributed by atoms with Crippen molar-refractivity contribution in [2.45, 2.75) is 104 Å². The van der Waals surface area contributed by atoms with Gasteiger partial charge in [-0.25, -0.2) is 4.98 Å². The van der Waals surface area contributed by atoms with Crippen molar-refractivity contribution >= 4 is 34.6 Å². The zero-order valence-corrected chi connectivity index (χ0v) is 25.6.